The number of aromatic nitrogens is 2. The largest absolute Gasteiger partial charge is 0.355 e. The van der Waals surface area contributed by atoms with Crippen LogP contribution in [0.5, 0.6) is 0 Å². The summed E-state index contributed by atoms with van der Waals surface area (Å²) in [6.07, 6.45) is 3.90. The molecule has 2 aliphatic rings. The average molecular weight is 475 g/mol. The molecular weight excluding hydrogens is 447 g/mol. The van der Waals surface area contributed by atoms with E-state index in [9.17, 15) is 18.8 Å². The van der Waals surface area contributed by atoms with Gasteiger partial charge in [0.1, 0.15) is 5.82 Å². The van der Waals surface area contributed by atoms with E-state index in [1.807, 2.05) is 0 Å². The highest BCUT2D eigenvalue weighted by atomic mass is 32.1. The lowest BCUT2D eigenvalue weighted by molar-refractivity contribution is -0.126. The molecule has 3 heterocycles. The molecule has 1 aromatic heterocycles. The van der Waals surface area contributed by atoms with Gasteiger partial charge in [-0.2, -0.15) is 0 Å². The van der Waals surface area contributed by atoms with Crippen LogP contribution in [0.2, 0.25) is 0 Å². The quantitative estimate of drug-likeness (QED) is 0.636. The van der Waals surface area contributed by atoms with E-state index in [1.54, 1.807) is 4.90 Å². The second-order valence-electron chi connectivity index (χ2n) is 8.30. The number of amides is 3. The maximum atomic E-state index is 13.0. The molecule has 33 heavy (non-hydrogen) atoms. The van der Waals surface area contributed by atoms with Crippen LogP contribution in [-0.4, -0.2) is 77.0 Å². The van der Waals surface area contributed by atoms with Crippen LogP contribution in [0.4, 0.5) is 10.1 Å². The fourth-order valence-electron chi connectivity index (χ4n) is 4.12. The summed E-state index contributed by atoms with van der Waals surface area (Å²) >= 11 is 0.897. The van der Waals surface area contributed by atoms with Crippen LogP contribution in [0.15, 0.2) is 24.3 Å². The molecule has 2 aromatic rings. The fraction of sp³-hybridized carbons (Fsp3) is 0.500. The van der Waals surface area contributed by atoms with E-state index >= 15 is 0 Å². The Morgan fingerprint density at radius 2 is 1.76 bits per heavy atom. The highest BCUT2D eigenvalue weighted by Gasteiger charge is 2.31. The molecule has 2 aliphatic heterocycles. The number of nitrogens with zero attached hydrogens (tertiary/aromatic N) is 4. The molecule has 1 unspecified atom stereocenters. The third-order valence-corrected chi connectivity index (χ3v) is 6.82. The summed E-state index contributed by atoms with van der Waals surface area (Å²) in [7, 11) is 0. The van der Waals surface area contributed by atoms with Gasteiger partial charge >= 0.3 is 0 Å². The monoisotopic (exact) mass is 474 g/mol. The number of hydrogen-bond donors (Lipinski definition) is 2. The Balaban J connectivity index is 1.29. The highest BCUT2D eigenvalue weighted by Crippen LogP contribution is 2.21. The molecule has 0 bridgehead atoms. The predicted molar refractivity (Wildman–Crippen MR) is 122 cm³/mol. The zero-order valence-electron chi connectivity index (χ0n) is 18.3. The number of piperidine rings is 1. The summed E-state index contributed by atoms with van der Waals surface area (Å²) in [6, 6.07) is 5.34. The molecule has 0 spiro atoms. The second-order valence-corrected chi connectivity index (χ2v) is 9.28. The third-order valence-electron chi connectivity index (χ3n) is 5.91. The second kappa shape index (κ2) is 10.8. The van der Waals surface area contributed by atoms with Crippen molar-refractivity contribution in [2.75, 3.05) is 44.6 Å². The lowest BCUT2D eigenvalue weighted by Crippen LogP contribution is -2.46. The van der Waals surface area contributed by atoms with Gasteiger partial charge in [0.2, 0.25) is 15.9 Å². The maximum Gasteiger partial charge on any atom is 0.286 e. The van der Waals surface area contributed by atoms with Crippen LogP contribution in [0, 0.1) is 11.7 Å². The van der Waals surface area contributed by atoms with Gasteiger partial charge in [0.25, 0.3) is 11.8 Å². The van der Waals surface area contributed by atoms with Crippen LogP contribution in [0.3, 0.4) is 0 Å². The van der Waals surface area contributed by atoms with Gasteiger partial charge in [-0.25, -0.2) is 4.39 Å². The van der Waals surface area contributed by atoms with Crippen LogP contribution >= 0.6 is 11.3 Å². The van der Waals surface area contributed by atoms with Gasteiger partial charge in [-0.3, -0.25) is 14.4 Å². The molecule has 2 N–H and O–H groups in total. The SMILES string of the molecule is O=C(Nc1ccc(F)cc1)c1nnc(C(=O)N2CCCC(C(=O)NCCN3CCCC3)C2)s1. The van der Waals surface area contributed by atoms with E-state index in [1.165, 1.54) is 37.1 Å². The van der Waals surface area contributed by atoms with Crippen molar-refractivity contribution in [2.45, 2.75) is 25.7 Å². The molecule has 0 radical (unpaired) electrons. The Kier molecular flexibility index (Phi) is 7.61. The van der Waals surface area contributed by atoms with E-state index in [4.69, 9.17) is 0 Å². The lowest BCUT2D eigenvalue weighted by Gasteiger charge is -2.31. The van der Waals surface area contributed by atoms with Crippen molar-refractivity contribution in [3.63, 3.8) is 0 Å². The van der Waals surface area contributed by atoms with Gasteiger partial charge in [0.05, 0.1) is 5.92 Å². The molecule has 1 aromatic carbocycles. The van der Waals surface area contributed by atoms with E-state index in [2.05, 4.69) is 25.7 Å². The number of rotatable bonds is 7. The minimum Gasteiger partial charge on any atom is -0.355 e. The number of carbonyl (C=O) groups is 3. The molecule has 11 heteroatoms. The zero-order chi connectivity index (χ0) is 23.2. The number of halogens is 1. The lowest BCUT2D eigenvalue weighted by atomic mass is 9.97. The van der Waals surface area contributed by atoms with Crippen molar-refractivity contribution < 1.29 is 18.8 Å². The summed E-state index contributed by atoms with van der Waals surface area (Å²) in [5.41, 5.74) is 0.416. The first-order valence-electron chi connectivity index (χ1n) is 11.2. The molecule has 3 amide bonds. The van der Waals surface area contributed by atoms with Gasteiger partial charge in [-0.05, 0) is 63.0 Å². The minimum atomic E-state index is -0.521. The van der Waals surface area contributed by atoms with Crippen molar-refractivity contribution in [3.8, 4) is 0 Å². The predicted octanol–water partition coefficient (Wildman–Crippen LogP) is 1.99. The first-order chi connectivity index (χ1) is 16.0. The van der Waals surface area contributed by atoms with Crippen LogP contribution in [0.25, 0.3) is 0 Å². The van der Waals surface area contributed by atoms with E-state index < -0.39 is 11.7 Å². The number of anilines is 1. The number of carbonyl (C=O) groups excluding carboxylic acids is 3. The van der Waals surface area contributed by atoms with Crippen molar-refractivity contribution in [3.05, 3.63) is 40.1 Å². The number of benzene rings is 1. The Morgan fingerprint density at radius 3 is 2.52 bits per heavy atom. The Hall–Kier alpha value is -2.92. The first kappa shape index (κ1) is 23.2. The Morgan fingerprint density at radius 1 is 1.03 bits per heavy atom. The van der Waals surface area contributed by atoms with Crippen molar-refractivity contribution in [1.29, 1.82) is 0 Å². The van der Waals surface area contributed by atoms with Crippen molar-refractivity contribution in [2.24, 2.45) is 5.92 Å². The topological polar surface area (TPSA) is 108 Å². The molecule has 0 saturated carbocycles. The smallest absolute Gasteiger partial charge is 0.286 e. The average Bonchev–Trinajstić information content (AvgIpc) is 3.53. The number of likely N-dealkylation sites (tertiary alicyclic amines) is 2. The molecular formula is C22H27FN6O3S. The standard InChI is InChI=1S/C22H27FN6O3S/c23-16-5-7-17(8-6-16)25-19(31)20-26-27-21(33-20)22(32)29-12-3-4-15(14-29)18(30)24-9-13-28-10-1-2-11-28/h5-8,15H,1-4,9-14H2,(H,24,30)(H,25,31). The summed E-state index contributed by atoms with van der Waals surface area (Å²) in [6.45, 7) is 4.51. The summed E-state index contributed by atoms with van der Waals surface area (Å²) in [5.74, 6) is -1.54. The molecule has 4 rings (SSSR count). The van der Waals surface area contributed by atoms with E-state index in [0.29, 0.717) is 25.3 Å². The van der Waals surface area contributed by atoms with Gasteiger partial charge in [-0.1, -0.05) is 11.3 Å². The molecule has 9 nitrogen and oxygen atoms in total. The molecule has 2 fully saturated rings. The Labute approximate surface area is 195 Å². The number of nitrogens with one attached hydrogen (secondary N) is 2. The van der Waals surface area contributed by atoms with Crippen molar-refractivity contribution >= 4 is 34.7 Å². The van der Waals surface area contributed by atoms with Crippen LogP contribution in [-0.2, 0) is 4.79 Å². The van der Waals surface area contributed by atoms with Gasteiger partial charge in [-0.15, -0.1) is 10.2 Å². The van der Waals surface area contributed by atoms with Gasteiger partial charge < -0.3 is 20.4 Å². The highest BCUT2D eigenvalue weighted by molar-refractivity contribution is 7.15. The first-order valence-corrected chi connectivity index (χ1v) is 12.0. The summed E-state index contributed by atoms with van der Waals surface area (Å²) < 4.78 is 13.0. The summed E-state index contributed by atoms with van der Waals surface area (Å²) in [4.78, 5) is 41.8. The van der Waals surface area contributed by atoms with Crippen LogP contribution < -0.4 is 10.6 Å². The van der Waals surface area contributed by atoms with Crippen molar-refractivity contribution in [1.82, 2.24) is 25.3 Å². The van der Waals surface area contributed by atoms with Crippen LogP contribution in [0.1, 0.15) is 45.3 Å². The zero-order valence-corrected chi connectivity index (χ0v) is 19.1. The molecule has 2 saturated heterocycles. The summed E-state index contributed by atoms with van der Waals surface area (Å²) in [5, 5.41) is 13.5. The fourth-order valence-corrected chi connectivity index (χ4v) is 4.82. The van der Waals surface area contributed by atoms with Gasteiger partial charge in [0.15, 0.2) is 0 Å². The minimum absolute atomic E-state index is 0.0247. The van der Waals surface area contributed by atoms with E-state index in [-0.39, 0.29) is 27.7 Å². The van der Waals surface area contributed by atoms with E-state index in [0.717, 1.165) is 43.8 Å². The molecule has 0 aliphatic carbocycles. The Bertz CT molecular complexity index is 992. The molecule has 176 valence electrons. The normalized spacial score (nSPS) is 18.8. The third kappa shape index (κ3) is 6.11. The molecule has 1 atom stereocenters. The number of hydrogen-bond acceptors (Lipinski definition) is 7. The van der Waals surface area contributed by atoms with Gasteiger partial charge in [0, 0.05) is 31.9 Å². The maximum absolute atomic E-state index is 13.0.